The average Bonchev–Trinajstić information content (AvgIpc) is 2.53. The zero-order valence-electron chi connectivity index (χ0n) is 12.6. The lowest BCUT2D eigenvalue weighted by Crippen LogP contribution is -2.49. The minimum absolute atomic E-state index is 0.0580. The number of carbonyl (C=O) groups excluding carboxylic acids is 1. The largest absolute Gasteiger partial charge is 0.413 e. The number of hydrogen-bond acceptors (Lipinski definition) is 1. The molecule has 0 unspecified atom stereocenters. The fraction of sp³-hybridized carbons (Fsp3) is 0.235. The zero-order chi connectivity index (χ0) is 17.5. The SMILES string of the molecule is C[C@H](c1ccccc1)N1C(=O)Nc2ccc(Cl)cc2[C@H]1C(F)(F)F. The number of nitrogens with one attached hydrogen (secondary N) is 1. The summed E-state index contributed by atoms with van der Waals surface area (Å²) in [7, 11) is 0. The van der Waals surface area contributed by atoms with Crippen molar-refractivity contribution in [2.45, 2.75) is 25.2 Å². The van der Waals surface area contributed by atoms with Gasteiger partial charge in [-0.15, -0.1) is 0 Å². The summed E-state index contributed by atoms with van der Waals surface area (Å²) in [4.78, 5) is 13.2. The highest BCUT2D eigenvalue weighted by atomic mass is 35.5. The number of alkyl halides is 3. The van der Waals surface area contributed by atoms with E-state index < -0.39 is 24.3 Å². The summed E-state index contributed by atoms with van der Waals surface area (Å²) >= 11 is 5.87. The van der Waals surface area contributed by atoms with E-state index in [1.54, 1.807) is 37.3 Å². The second-order valence-electron chi connectivity index (χ2n) is 5.60. The summed E-state index contributed by atoms with van der Waals surface area (Å²) in [6, 6.07) is 9.08. The van der Waals surface area contributed by atoms with Crippen LogP contribution < -0.4 is 5.32 Å². The van der Waals surface area contributed by atoms with Crippen LogP contribution in [0.25, 0.3) is 0 Å². The van der Waals surface area contributed by atoms with Gasteiger partial charge in [-0.2, -0.15) is 13.2 Å². The van der Waals surface area contributed by atoms with Gasteiger partial charge in [-0.3, -0.25) is 0 Å². The number of rotatable bonds is 2. The molecule has 0 saturated heterocycles. The second kappa shape index (κ2) is 6.02. The van der Waals surface area contributed by atoms with Crippen molar-refractivity contribution < 1.29 is 18.0 Å². The Hall–Kier alpha value is -2.21. The highest BCUT2D eigenvalue weighted by Gasteiger charge is 2.51. The normalized spacial score (nSPS) is 18.8. The number of carbonyl (C=O) groups is 1. The molecule has 3 nitrogen and oxygen atoms in total. The lowest BCUT2D eigenvalue weighted by molar-refractivity contribution is -0.183. The number of halogens is 4. The molecule has 2 aromatic rings. The maximum Gasteiger partial charge on any atom is 0.413 e. The smallest absolute Gasteiger partial charge is 0.307 e. The molecule has 0 spiro atoms. The van der Waals surface area contributed by atoms with Crippen molar-refractivity contribution in [1.82, 2.24) is 4.90 Å². The predicted octanol–water partition coefficient (Wildman–Crippen LogP) is 5.55. The third kappa shape index (κ3) is 2.94. The molecular weight excluding hydrogens is 341 g/mol. The maximum atomic E-state index is 13.8. The van der Waals surface area contributed by atoms with Crippen LogP contribution in [0.4, 0.5) is 23.7 Å². The van der Waals surface area contributed by atoms with E-state index in [0.29, 0.717) is 5.56 Å². The minimum atomic E-state index is -4.62. The topological polar surface area (TPSA) is 32.3 Å². The Labute approximate surface area is 142 Å². The molecule has 1 N–H and O–H groups in total. The number of urea groups is 1. The number of benzene rings is 2. The minimum Gasteiger partial charge on any atom is -0.307 e. The van der Waals surface area contributed by atoms with Gasteiger partial charge in [-0.25, -0.2) is 4.79 Å². The lowest BCUT2D eigenvalue weighted by atomic mass is 9.96. The molecule has 24 heavy (non-hydrogen) atoms. The van der Waals surface area contributed by atoms with Gasteiger partial charge in [0.25, 0.3) is 0 Å². The molecule has 0 aliphatic carbocycles. The number of fused-ring (bicyclic) bond motifs is 1. The molecular formula is C17H14ClF3N2O. The molecule has 2 amide bonds. The molecule has 0 bridgehead atoms. The quantitative estimate of drug-likeness (QED) is 0.753. The first-order valence-corrected chi connectivity index (χ1v) is 7.67. The van der Waals surface area contributed by atoms with Crippen LogP contribution in [0.2, 0.25) is 5.02 Å². The van der Waals surface area contributed by atoms with Gasteiger partial charge < -0.3 is 10.2 Å². The lowest BCUT2D eigenvalue weighted by Gasteiger charge is -2.41. The molecule has 7 heteroatoms. The summed E-state index contributed by atoms with van der Waals surface area (Å²) in [6.45, 7) is 1.57. The van der Waals surface area contributed by atoms with Gasteiger partial charge in [0.2, 0.25) is 0 Å². The molecule has 126 valence electrons. The fourth-order valence-electron chi connectivity index (χ4n) is 2.95. The number of amides is 2. The number of hydrogen-bond donors (Lipinski definition) is 1. The third-order valence-corrected chi connectivity index (χ3v) is 4.31. The molecule has 2 aromatic carbocycles. The van der Waals surface area contributed by atoms with E-state index in [4.69, 9.17) is 11.6 Å². The summed E-state index contributed by atoms with van der Waals surface area (Å²) < 4.78 is 41.4. The van der Waals surface area contributed by atoms with Crippen molar-refractivity contribution in [2.75, 3.05) is 5.32 Å². The molecule has 1 aliphatic rings. The van der Waals surface area contributed by atoms with Crippen LogP contribution in [0.3, 0.4) is 0 Å². The summed E-state index contributed by atoms with van der Waals surface area (Å²) in [5.41, 5.74) is 0.688. The third-order valence-electron chi connectivity index (χ3n) is 4.07. The first kappa shape index (κ1) is 16.6. The van der Waals surface area contributed by atoms with E-state index in [9.17, 15) is 18.0 Å². The van der Waals surface area contributed by atoms with Gasteiger partial charge in [-0.1, -0.05) is 41.9 Å². The van der Waals surface area contributed by atoms with E-state index in [-0.39, 0.29) is 16.3 Å². The first-order valence-electron chi connectivity index (χ1n) is 7.29. The number of nitrogens with zero attached hydrogens (tertiary/aromatic N) is 1. The predicted molar refractivity (Wildman–Crippen MR) is 86.0 cm³/mol. The molecule has 1 heterocycles. The summed E-state index contributed by atoms with van der Waals surface area (Å²) in [5, 5.41) is 2.70. The first-order chi connectivity index (χ1) is 11.3. The molecule has 0 aromatic heterocycles. The maximum absolute atomic E-state index is 13.8. The molecule has 1 aliphatic heterocycles. The molecule has 0 fully saturated rings. The van der Waals surface area contributed by atoms with Crippen LogP contribution in [-0.2, 0) is 0 Å². The van der Waals surface area contributed by atoms with E-state index in [2.05, 4.69) is 5.32 Å². The standard InChI is InChI=1S/C17H14ClF3N2O/c1-10(11-5-3-2-4-6-11)23-15(17(19,20)21)13-9-12(18)7-8-14(13)22-16(23)24/h2-10,15H,1H3,(H,22,24)/t10-,15+/m1/s1. The van der Waals surface area contributed by atoms with Crippen molar-refractivity contribution in [3.8, 4) is 0 Å². The van der Waals surface area contributed by atoms with E-state index in [1.807, 2.05) is 0 Å². The van der Waals surface area contributed by atoms with Crippen molar-refractivity contribution in [1.29, 1.82) is 0 Å². The van der Waals surface area contributed by atoms with Crippen LogP contribution >= 0.6 is 11.6 Å². The van der Waals surface area contributed by atoms with Gasteiger partial charge in [0.05, 0.1) is 6.04 Å². The Balaban J connectivity index is 2.12. The van der Waals surface area contributed by atoms with Crippen LogP contribution in [0, 0.1) is 0 Å². The Morgan fingerprint density at radius 2 is 1.83 bits per heavy atom. The van der Waals surface area contributed by atoms with Gasteiger partial charge >= 0.3 is 12.2 Å². The van der Waals surface area contributed by atoms with E-state index >= 15 is 0 Å². The second-order valence-corrected chi connectivity index (χ2v) is 6.04. The Morgan fingerprint density at radius 1 is 1.17 bits per heavy atom. The van der Waals surface area contributed by atoms with Gasteiger partial charge in [-0.05, 0) is 30.7 Å². The van der Waals surface area contributed by atoms with Crippen LogP contribution in [0.5, 0.6) is 0 Å². The molecule has 0 saturated carbocycles. The van der Waals surface area contributed by atoms with Crippen molar-refractivity contribution in [2.24, 2.45) is 0 Å². The van der Waals surface area contributed by atoms with Crippen molar-refractivity contribution in [3.63, 3.8) is 0 Å². The Bertz CT molecular complexity index is 764. The highest BCUT2D eigenvalue weighted by molar-refractivity contribution is 6.30. The zero-order valence-corrected chi connectivity index (χ0v) is 13.4. The molecule has 0 radical (unpaired) electrons. The number of anilines is 1. The summed E-state index contributed by atoms with van der Waals surface area (Å²) in [6.07, 6.45) is -4.62. The van der Waals surface area contributed by atoms with Gasteiger partial charge in [0.15, 0.2) is 6.04 Å². The molecule has 3 rings (SSSR count). The van der Waals surface area contributed by atoms with Gasteiger partial charge in [0, 0.05) is 16.3 Å². The van der Waals surface area contributed by atoms with Crippen molar-refractivity contribution >= 4 is 23.3 Å². The molecule has 2 atom stereocenters. The van der Waals surface area contributed by atoms with Crippen LogP contribution in [-0.4, -0.2) is 17.1 Å². The van der Waals surface area contributed by atoms with E-state index in [0.717, 1.165) is 4.90 Å². The fourth-order valence-corrected chi connectivity index (χ4v) is 3.13. The summed E-state index contributed by atoms with van der Waals surface area (Å²) in [5.74, 6) is 0. The Morgan fingerprint density at radius 3 is 2.46 bits per heavy atom. The van der Waals surface area contributed by atoms with Crippen LogP contribution in [0.1, 0.15) is 30.1 Å². The average molecular weight is 355 g/mol. The van der Waals surface area contributed by atoms with Gasteiger partial charge in [0.1, 0.15) is 0 Å². The van der Waals surface area contributed by atoms with Crippen LogP contribution in [0.15, 0.2) is 48.5 Å². The van der Waals surface area contributed by atoms with E-state index in [1.165, 1.54) is 18.2 Å². The monoisotopic (exact) mass is 354 g/mol. The van der Waals surface area contributed by atoms with Crippen molar-refractivity contribution in [3.05, 3.63) is 64.7 Å². The Kier molecular flexibility index (Phi) is 4.17. The highest BCUT2D eigenvalue weighted by Crippen LogP contribution is 2.47.